The van der Waals surface area contributed by atoms with Crippen molar-refractivity contribution in [1.29, 1.82) is 0 Å². The van der Waals surface area contributed by atoms with Crippen LogP contribution < -0.4 is 11.5 Å². The molecule has 0 spiro atoms. The van der Waals surface area contributed by atoms with Crippen molar-refractivity contribution in [1.82, 2.24) is 4.57 Å². The number of hydrogen-bond acceptors (Lipinski definition) is 5. The minimum Gasteiger partial charge on any atom is -0.467 e. The summed E-state index contributed by atoms with van der Waals surface area (Å²) in [6, 6.07) is 3.58. The standard InChI is InChI=1S/C9H9N3O2S2/c10-7-6(8(11)13)16-9(15)12(7)4-5-2-1-3-14-5/h1-3H,4,10H2,(H2,11,13). The minimum atomic E-state index is -0.563. The van der Waals surface area contributed by atoms with Crippen LogP contribution in [0.3, 0.4) is 0 Å². The molecule has 0 aromatic carbocycles. The van der Waals surface area contributed by atoms with Gasteiger partial charge in [0.25, 0.3) is 5.91 Å². The maximum atomic E-state index is 11.1. The number of amides is 1. The van der Waals surface area contributed by atoms with Gasteiger partial charge in [0, 0.05) is 0 Å². The van der Waals surface area contributed by atoms with Gasteiger partial charge in [-0.2, -0.15) is 0 Å². The zero-order valence-electron chi connectivity index (χ0n) is 8.17. The Hall–Kier alpha value is -1.60. The van der Waals surface area contributed by atoms with Gasteiger partial charge in [0.1, 0.15) is 16.5 Å². The number of carbonyl (C=O) groups excluding carboxylic acids is 1. The van der Waals surface area contributed by atoms with Gasteiger partial charge in [0.15, 0.2) is 3.95 Å². The van der Waals surface area contributed by atoms with E-state index in [1.54, 1.807) is 16.9 Å². The van der Waals surface area contributed by atoms with Gasteiger partial charge in [0.05, 0.1) is 12.8 Å². The van der Waals surface area contributed by atoms with E-state index in [1.165, 1.54) is 0 Å². The molecular formula is C9H9N3O2S2. The molecule has 0 saturated heterocycles. The number of aromatic nitrogens is 1. The molecule has 4 N–H and O–H groups in total. The molecule has 0 radical (unpaired) electrons. The molecule has 0 bridgehead atoms. The smallest absolute Gasteiger partial charge is 0.262 e. The lowest BCUT2D eigenvalue weighted by Gasteiger charge is -2.02. The third-order valence-electron chi connectivity index (χ3n) is 2.05. The van der Waals surface area contributed by atoms with E-state index >= 15 is 0 Å². The molecule has 84 valence electrons. The van der Waals surface area contributed by atoms with Gasteiger partial charge in [-0.15, -0.1) is 0 Å². The van der Waals surface area contributed by atoms with Crippen molar-refractivity contribution in [3.8, 4) is 0 Å². The SMILES string of the molecule is NC(=O)c1sc(=S)n(Cc2ccco2)c1N. The molecule has 1 amide bonds. The number of nitrogen functional groups attached to an aromatic ring is 1. The van der Waals surface area contributed by atoms with E-state index in [0.717, 1.165) is 17.1 Å². The Kier molecular flexibility index (Phi) is 2.80. The molecule has 0 atom stereocenters. The molecule has 0 saturated carbocycles. The van der Waals surface area contributed by atoms with Crippen LogP contribution in [0.4, 0.5) is 5.82 Å². The zero-order valence-corrected chi connectivity index (χ0v) is 9.81. The molecule has 7 heteroatoms. The number of nitrogens with two attached hydrogens (primary N) is 2. The molecule has 0 fully saturated rings. The Morgan fingerprint density at radius 2 is 2.38 bits per heavy atom. The van der Waals surface area contributed by atoms with Crippen molar-refractivity contribution in [2.45, 2.75) is 6.54 Å². The van der Waals surface area contributed by atoms with Gasteiger partial charge >= 0.3 is 0 Å². The van der Waals surface area contributed by atoms with E-state index in [0.29, 0.717) is 16.3 Å². The van der Waals surface area contributed by atoms with Crippen LogP contribution in [-0.4, -0.2) is 10.5 Å². The van der Waals surface area contributed by atoms with Gasteiger partial charge in [-0.05, 0) is 24.4 Å². The van der Waals surface area contributed by atoms with Crippen molar-refractivity contribution >= 4 is 35.3 Å². The molecule has 2 aromatic rings. The first kappa shape index (κ1) is 10.9. The van der Waals surface area contributed by atoms with Gasteiger partial charge in [-0.25, -0.2) is 0 Å². The Morgan fingerprint density at radius 3 is 2.88 bits per heavy atom. The Balaban J connectivity index is 2.42. The van der Waals surface area contributed by atoms with Crippen molar-refractivity contribution in [2.24, 2.45) is 5.73 Å². The summed E-state index contributed by atoms with van der Waals surface area (Å²) in [7, 11) is 0. The van der Waals surface area contributed by atoms with Crippen LogP contribution in [0, 0.1) is 3.95 Å². The number of rotatable bonds is 3. The first-order valence-corrected chi connectivity index (χ1v) is 5.63. The molecule has 2 heterocycles. The predicted molar refractivity (Wildman–Crippen MR) is 63.9 cm³/mol. The minimum absolute atomic E-state index is 0.288. The summed E-state index contributed by atoms with van der Waals surface area (Å²) in [5.41, 5.74) is 11.0. The first-order chi connectivity index (χ1) is 7.59. The zero-order chi connectivity index (χ0) is 11.7. The number of nitrogens with zero attached hydrogens (tertiary/aromatic N) is 1. The Morgan fingerprint density at radius 1 is 1.62 bits per heavy atom. The summed E-state index contributed by atoms with van der Waals surface area (Å²) >= 11 is 6.21. The lowest BCUT2D eigenvalue weighted by molar-refractivity contribution is 0.100. The number of carbonyl (C=O) groups is 1. The van der Waals surface area contributed by atoms with Gasteiger partial charge in [-0.3, -0.25) is 4.79 Å². The van der Waals surface area contributed by atoms with Crippen LogP contribution in [-0.2, 0) is 6.54 Å². The summed E-state index contributed by atoms with van der Waals surface area (Å²) in [5.74, 6) is 0.447. The van der Waals surface area contributed by atoms with Crippen LogP contribution in [0.15, 0.2) is 22.8 Å². The Labute approximate surface area is 100 Å². The first-order valence-electron chi connectivity index (χ1n) is 4.41. The Bertz CT molecular complexity index is 568. The molecule has 2 aromatic heterocycles. The molecule has 5 nitrogen and oxygen atoms in total. The maximum absolute atomic E-state index is 11.1. The summed E-state index contributed by atoms with van der Waals surface area (Å²) in [4.78, 5) is 11.3. The van der Waals surface area contributed by atoms with Crippen LogP contribution in [0.25, 0.3) is 0 Å². The highest BCUT2D eigenvalue weighted by atomic mass is 32.1. The molecule has 0 aliphatic rings. The normalized spacial score (nSPS) is 10.5. The van der Waals surface area contributed by atoms with E-state index in [1.807, 2.05) is 6.07 Å². The number of anilines is 1. The highest BCUT2D eigenvalue weighted by Gasteiger charge is 2.14. The summed E-state index contributed by atoms with van der Waals surface area (Å²) in [6.45, 7) is 0.404. The number of primary amides is 1. The highest BCUT2D eigenvalue weighted by molar-refractivity contribution is 7.73. The van der Waals surface area contributed by atoms with Crippen LogP contribution >= 0.6 is 23.6 Å². The quantitative estimate of drug-likeness (QED) is 0.815. The maximum Gasteiger partial charge on any atom is 0.262 e. The molecule has 0 aliphatic heterocycles. The fraction of sp³-hybridized carbons (Fsp3) is 0.111. The van der Waals surface area contributed by atoms with E-state index in [9.17, 15) is 4.79 Å². The molecular weight excluding hydrogens is 246 g/mol. The topological polar surface area (TPSA) is 87.2 Å². The number of furan rings is 1. The predicted octanol–water partition coefficient (Wildman–Crippen LogP) is 1.60. The second-order valence-electron chi connectivity index (χ2n) is 3.11. The van der Waals surface area contributed by atoms with Gasteiger partial charge in [-0.1, -0.05) is 11.3 Å². The molecule has 16 heavy (non-hydrogen) atoms. The summed E-state index contributed by atoms with van der Waals surface area (Å²) in [5, 5.41) is 0. The van der Waals surface area contributed by atoms with Crippen molar-refractivity contribution in [2.75, 3.05) is 5.73 Å². The fourth-order valence-corrected chi connectivity index (χ4v) is 2.48. The highest BCUT2D eigenvalue weighted by Crippen LogP contribution is 2.22. The van der Waals surface area contributed by atoms with E-state index in [-0.39, 0.29) is 4.88 Å². The monoisotopic (exact) mass is 255 g/mol. The van der Waals surface area contributed by atoms with E-state index in [2.05, 4.69) is 0 Å². The molecule has 0 aliphatic carbocycles. The van der Waals surface area contributed by atoms with Crippen molar-refractivity contribution in [3.63, 3.8) is 0 Å². The average molecular weight is 255 g/mol. The van der Waals surface area contributed by atoms with Crippen LogP contribution in [0.2, 0.25) is 0 Å². The second kappa shape index (κ2) is 4.11. The number of hydrogen-bond donors (Lipinski definition) is 2. The summed E-state index contributed by atoms with van der Waals surface area (Å²) < 4.78 is 7.31. The summed E-state index contributed by atoms with van der Waals surface area (Å²) in [6.07, 6.45) is 1.57. The largest absolute Gasteiger partial charge is 0.467 e. The third kappa shape index (κ3) is 1.86. The fourth-order valence-electron chi connectivity index (χ4n) is 1.30. The molecule has 2 rings (SSSR count). The third-order valence-corrected chi connectivity index (χ3v) is 3.53. The van der Waals surface area contributed by atoms with E-state index in [4.69, 9.17) is 28.1 Å². The van der Waals surface area contributed by atoms with Crippen molar-refractivity contribution in [3.05, 3.63) is 33.0 Å². The lowest BCUT2D eigenvalue weighted by atomic mass is 10.4. The van der Waals surface area contributed by atoms with Gasteiger partial charge in [0.2, 0.25) is 0 Å². The number of thiazole rings is 1. The van der Waals surface area contributed by atoms with E-state index < -0.39 is 5.91 Å². The average Bonchev–Trinajstić information content (AvgIpc) is 2.81. The lowest BCUT2D eigenvalue weighted by Crippen LogP contribution is -2.13. The van der Waals surface area contributed by atoms with Crippen LogP contribution in [0.5, 0.6) is 0 Å². The van der Waals surface area contributed by atoms with Gasteiger partial charge < -0.3 is 20.5 Å². The van der Waals surface area contributed by atoms with Crippen molar-refractivity contribution < 1.29 is 9.21 Å². The van der Waals surface area contributed by atoms with Crippen LogP contribution in [0.1, 0.15) is 15.4 Å². The second-order valence-corrected chi connectivity index (χ2v) is 4.76. The molecule has 0 unspecified atom stereocenters.